The second-order valence-electron chi connectivity index (χ2n) is 13.3. The topological polar surface area (TPSA) is 8.17 Å². The number of nitrogens with zero attached hydrogens (tertiary/aromatic N) is 2. The van der Waals surface area contributed by atoms with Crippen LogP contribution in [0, 0.1) is 5.92 Å². The molecule has 0 radical (unpaired) electrons. The Kier molecular flexibility index (Phi) is 7.29. The summed E-state index contributed by atoms with van der Waals surface area (Å²) >= 11 is 0. The predicted octanol–water partition coefficient (Wildman–Crippen LogP) is 11.7. The van der Waals surface area contributed by atoms with Gasteiger partial charge < -0.3 is 9.47 Å². The van der Waals surface area contributed by atoms with Crippen molar-refractivity contribution in [3.05, 3.63) is 181 Å². The number of allylic oxidation sites excluding steroid dienone is 7. The molecule has 2 atom stereocenters. The summed E-state index contributed by atoms with van der Waals surface area (Å²) in [6.45, 7) is 7.68. The highest BCUT2D eigenvalue weighted by Crippen LogP contribution is 2.53. The minimum absolute atomic E-state index is 0.132. The third-order valence-corrected chi connectivity index (χ3v) is 10.4. The highest BCUT2D eigenvalue weighted by atomic mass is 15.1. The van der Waals surface area contributed by atoms with Gasteiger partial charge in [0.25, 0.3) is 0 Å². The predicted molar refractivity (Wildman–Crippen MR) is 201 cm³/mol. The minimum Gasteiger partial charge on any atom is -0.337 e. The first-order valence-electron chi connectivity index (χ1n) is 16.8. The van der Waals surface area contributed by atoms with Crippen LogP contribution in [0.5, 0.6) is 0 Å². The van der Waals surface area contributed by atoms with Crippen molar-refractivity contribution in [2.24, 2.45) is 5.92 Å². The molecule has 8 rings (SSSR count). The Balaban J connectivity index is 1.19. The van der Waals surface area contributed by atoms with Crippen molar-refractivity contribution in [2.45, 2.75) is 32.1 Å². The van der Waals surface area contributed by atoms with Gasteiger partial charge in [-0.2, -0.15) is 0 Å². The lowest BCUT2D eigenvalue weighted by Gasteiger charge is -2.29. The normalized spacial score (nSPS) is 18.2. The van der Waals surface area contributed by atoms with E-state index in [0.29, 0.717) is 11.8 Å². The highest BCUT2D eigenvalue weighted by Gasteiger charge is 2.44. The van der Waals surface area contributed by atoms with Crippen LogP contribution >= 0.6 is 0 Å². The summed E-state index contributed by atoms with van der Waals surface area (Å²) in [4.78, 5) is 2.45. The summed E-state index contributed by atoms with van der Waals surface area (Å²) in [6, 6.07) is 44.1. The van der Waals surface area contributed by atoms with Gasteiger partial charge in [0.15, 0.2) is 0 Å². The van der Waals surface area contributed by atoms with Crippen LogP contribution in [0.3, 0.4) is 0 Å². The highest BCUT2D eigenvalue weighted by molar-refractivity contribution is 6.15. The van der Waals surface area contributed by atoms with Crippen molar-refractivity contribution in [3.8, 4) is 5.69 Å². The van der Waals surface area contributed by atoms with Crippen LogP contribution in [0.15, 0.2) is 164 Å². The molecule has 2 aliphatic carbocycles. The van der Waals surface area contributed by atoms with Gasteiger partial charge in [-0.25, -0.2) is 0 Å². The zero-order valence-electron chi connectivity index (χ0n) is 27.3. The zero-order valence-corrected chi connectivity index (χ0v) is 27.3. The van der Waals surface area contributed by atoms with Gasteiger partial charge in [-0.3, -0.25) is 0 Å². The maximum absolute atomic E-state index is 2.45. The second-order valence-corrected chi connectivity index (χ2v) is 13.3. The number of para-hydroxylation sites is 3. The monoisotopic (exact) mass is 608 g/mol. The number of benzene rings is 5. The first-order valence-corrected chi connectivity index (χ1v) is 16.8. The molecule has 2 aliphatic rings. The molecule has 2 heteroatoms. The van der Waals surface area contributed by atoms with Crippen molar-refractivity contribution in [1.82, 2.24) is 4.57 Å². The molecule has 0 aliphatic heterocycles. The quantitative estimate of drug-likeness (QED) is 0.164. The van der Waals surface area contributed by atoms with Gasteiger partial charge in [-0.1, -0.05) is 135 Å². The third kappa shape index (κ3) is 4.87. The van der Waals surface area contributed by atoms with E-state index in [1.807, 2.05) is 0 Å². The summed E-state index contributed by atoms with van der Waals surface area (Å²) < 4.78 is 2.39. The molecule has 0 saturated heterocycles. The molecule has 0 bridgehead atoms. The van der Waals surface area contributed by atoms with Crippen molar-refractivity contribution in [3.63, 3.8) is 0 Å². The van der Waals surface area contributed by atoms with E-state index in [9.17, 15) is 0 Å². The molecule has 5 aromatic carbocycles. The maximum atomic E-state index is 2.45. The Morgan fingerprint density at radius 1 is 0.766 bits per heavy atom. The van der Waals surface area contributed by atoms with Crippen LogP contribution < -0.4 is 4.90 Å². The smallest absolute Gasteiger partial charge is 0.0562 e. The van der Waals surface area contributed by atoms with E-state index >= 15 is 0 Å². The van der Waals surface area contributed by atoms with Gasteiger partial charge >= 0.3 is 0 Å². The third-order valence-electron chi connectivity index (χ3n) is 10.4. The summed E-state index contributed by atoms with van der Waals surface area (Å²) in [5.74, 6) is 0.955. The van der Waals surface area contributed by atoms with E-state index in [1.165, 1.54) is 61.1 Å². The van der Waals surface area contributed by atoms with E-state index in [0.717, 1.165) is 6.54 Å². The Hall–Kier alpha value is -5.34. The van der Waals surface area contributed by atoms with Crippen LogP contribution in [-0.2, 0) is 5.41 Å². The van der Waals surface area contributed by atoms with E-state index in [1.54, 1.807) is 0 Å². The zero-order chi connectivity index (χ0) is 32.0. The number of fused-ring (bicyclic) bond motifs is 6. The molecular formula is C45H40N2. The Morgan fingerprint density at radius 2 is 1.49 bits per heavy atom. The van der Waals surface area contributed by atoms with E-state index in [2.05, 4.69) is 194 Å². The first kappa shape index (κ1) is 29.1. The molecule has 230 valence electrons. The lowest BCUT2D eigenvalue weighted by molar-refractivity contribution is 0.394. The Bertz CT molecular complexity index is 2210. The number of aromatic nitrogens is 1. The minimum atomic E-state index is 0.132. The van der Waals surface area contributed by atoms with Crippen molar-refractivity contribution < 1.29 is 0 Å². The number of hydrogen-bond acceptors (Lipinski definition) is 1. The molecule has 2 unspecified atom stereocenters. The fourth-order valence-corrected chi connectivity index (χ4v) is 8.05. The van der Waals surface area contributed by atoms with Crippen molar-refractivity contribution >= 4 is 38.8 Å². The number of anilines is 2. The molecular weight excluding hydrogens is 569 g/mol. The molecule has 0 amide bonds. The fourth-order valence-electron chi connectivity index (χ4n) is 8.05. The fraction of sp³-hybridized carbons (Fsp3) is 0.156. The molecule has 47 heavy (non-hydrogen) atoms. The Labute approximate surface area is 278 Å². The summed E-state index contributed by atoms with van der Waals surface area (Å²) in [7, 11) is 0. The summed E-state index contributed by atoms with van der Waals surface area (Å²) in [5, 5.41) is 2.52. The molecule has 0 saturated carbocycles. The van der Waals surface area contributed by atoms with Gasteiger partial charge in [0.1, 0.15) is 0 Å². The molecule has 2 nitrogen and oxygen atoms in total. The van der Waals surface area contributed by atoms with Crippen LogP contribution in [-0.4, -0.2) is 11.1 Å². The average molecular weight is 609 g/mol. The van der Waals surface area contributed by atoms with Crippen LogP contribution in [0.2, 0.25) is 0 Å². The van der Waals surface area contributed by atoms with Crippen LogP contribution in [0.4, 0.5) is 11.4 Å². The molecule has 6 aromatic rings. The number of hydrogen-bond donors (Lipinski definition) is 0. The van der Waals surface area contributed by atoms with Gasteiger partial charge in [0.2, 0.25) is 0 Å². The second kappa shape index (κ2) is 11.8. The SMILES string of the molecule is C/C=C(\C=C/CN(c1ccccc1)c1cccc2c1c1ccccc1n2-c1ccccc1)c1ccc2c(c1)C1C=CC=CC1C2(C)C. The van der Waals surface area contributed by atoms with Gasteiger partial charge in [0, 0.05) is 34.6 Å². The first-order chi connectivity index (χ1) is 23.1. The summed E-state index contributed by atoms with van der Waals surface area (Å²) in [5.41, 5.74) is 11.6. The van der Waals surface area contributed by atoms with Crippen molar-refractivity contribution in [2.75, 3.05) is 11.4 Å². The van der Waals surface area contributed by atoms with Gasteiger partial charge in [0.05, 0.1) is 16.7 Å². The van der Waals surface area contributed by atoms with Crippen LogP contribution in [0.1, 0.15) is 43.4 Å². The standard InChI is InChI=1S/C45H40N2/c1-4-32(33-28-29-40-38(31-33)36-22-11-13-24-39(36)45(40,2)3)17-16-30-46(34-18-7-5-8-19-34)42-26-15-27-43-44(42)37-23-12-14-25-41(37)47(43)35-20-9-6-10-21-35/h4-29,31,36,39H,30H2,1-3H3/b17-16-,32-4+. The molecule has 1 aromatic heterocycles. The number of rotatable bonds is 7. The summed E-state index contributed by atoms with van der Waals surface area (Å²) in [6.07, 6.45) is 16.1. The largest absolute Gasteiger partial charge is 0.337 e. The lowest BCUT2D eigenvalue weighted by Crippen LogP contribution is -2.24. The van der Waals surface area contributed by atoms with Gasteiger partial charge in [-0.15, -0.1) is 0 Å². The van der Waals surface area contributed by atoms with E-state index in [-0.39, 0.29) is 5.41 Å². The molecule has 1 heterocycles. The van der Waals surface area contributed by atoms with Crippen molar-refractivity contribution in [1.29, 1.82) is 0 Å². The van der Waals surface area contributed by atoms with E-state index in [4.69, 9.17) is 0 Å². The average Bonchev–Trinajstić information content (AvgIpc) is 3.58. The maximum Gasteiger partial charge on any atom is 0.0562 e. The molecule has 0 spiro atoms. The molecule has 0 N–H and O–H groups in total. The lowest BCUT2D eigenvalue weighted by atomic mass is 9.74. The van der Waals surface area contributed by atoms with Gasteiger partial charge in [-0.05, 0) is 83.0 Å². The Morgan fingerprint density at radius 3 is 2.30 bits per heavy atom. The van der Waals surface area contributed by atoms with E-state index < -0.39 is 0 Å². The molecule has 0 fully saturated rings. The van der Waals surface area contributed by atoms with Crippen LogP contribution in [0.25, 0.3) is 33.1 Å².